The number of carbonyl (C=O) groups is 2. The number of thiophene rings is 1. The van der Waals surface area contributed by atoms with Crippen LogP contribution in [0, 0.1) is 13.8 Å². The minimum Gasteiger partial charge on any atom is -0.324 e. The number of nitrogens with zero attached hydrogens (tertiary/aromatic N) is 2. The third-order valence-electron chi connectivity index (χ3n) is 4.93. The van der Waals surface area contributed by atoms with Crippen molar-refractivity contribution in [3.63, 3.8) is 0 Å². The van der Waals surface area contributed by atoms with Gasteiger partial charge in [0.2, 0.25) is 11.8 Å². The number of thioether (sulfide) groups is 1. The molecule has 0 bridgehead atoms. The fraction of sp³-hybridized carbons (Fsp3) is 0.286. The van der Waals surface area contributed by atoms with Crippen LogP contribution in [-0.2, 0) is 16.0 Å². The zero-order valence-corrected chi connectivity index (χ0v) is 18.6. The van der Waals surface area contributed by atoms with Crippen LogP contribution in [0.4, 0.5) is 5.69 Å². The number of carbonyl (C=O) groups excluding carboxylic acids is 2. The zero-order chi connectivity index (χ0) is 20.4. The van der Waals surface area contributed by atoms with E-state index in [4.69, 9.17) is 0 Å². The molecule has 3 heterocycles. The van der Waals surface area contributed by atoms with Gasteiger partial charge in [0.15, 0.2) is 0 Å². The lowest BCUT2D eigenvalue weighted by atomic mass is 10.1. The van der Waals surface area contributed by atoms with E-state index in [1.165, 1.54) is 5.56 Å². The first-order valence-corrected chi connectivity index (χ1v) is 12.2. The van der Waals surface area contributed by atoms with Gasteiger partial charge in [0.05, 0.1) is 18.0 Å². The molecule has 1 aliphatic rings. The van der Waals surface area contributed by atoms with Crippen molar-refractivity contribution in [3.8, 4) is 10.6 Å². The standard InChI is InChI=1S/C21H21N3O2S3/c1-13-3-4-16(7-14(13)2)22-20(26)18-11-28-12-24(18)19(25)8-17-10-29-21(23-17)15-5-6-27-9-15/h3-7,9-10,18H,8,11-12H2,1-2H3,(H,22,26). The summed E-state index contributed by atoms with van der Waals surface area (Å²) in [6, 6.07) is 7.42. The highest BCUT2D eigenvalue weighted by Gasteiger charge is 2.34. The summed E-state index contributed by atoms with van der Waals surface area (Å²) in [5.74, 6) is 0.951. The van der Waals surface area contributed by atoms with Gasteiger partial charge < -0.3 is 10.2 Å². The lowest BCUT2D eigenvalue weighted by Gasteiger charge is -2.23. The smallest absolute Gasteiger partial charge is 0.248 e. The van der Waals surface area contributed by atoms with Crippen molar-refractivity contribution in [2.24, 2.45) is 0 Å². The van der Waals surface area contributed by atoms with E-state index in [-0.39, 0.29) is 18.2 Å². The van der Waals surface area contributed by atoms with E-state index in [0.717, 1.165) is 27.5 Å². The van der Waals surface area contributed by atoms with Crippen molar-refractivity contribution in [2.75, 3.05) is 16.9 Å². The normalized spacial score (nSPS) is 16.2. The van der Waals surface area contributed by atoms with Crippen LogP contribution in [0.5, 0.6) is 0 Å². The molecule has 2 aromatic heterocycles. The van der Waals surface area contributed by atoms with Gasteiger partial charge in [-0.15, -0.1) is 23.1 Å². The van der Waals surface area contributed by atoms with E-state index in [0.29, 0.717) is 11.6 Å². The third-order valence-corrected chi connectivity index (χ3v) is 7.57. The Morgan fingerprint density at radius 1 is 1.21 bits per heavy atom. The summed E-state index contributed by atoms with van der Waals surface area (Å²) in [6.07, 6.45) is 0.217. The monoisotopic (exact) mass is 443 g/mol. The van der Waals surface area contributed by atoms with E-state index in [1.54, 1.807) is 39.3 Å². The van der Waals surface area contributed by atoms with Crippen LogP contribution >= 0.6 is 34.4 Å². The molecule has 1 aliphatic heterocycles. The van der Waals surface area contributed by atoms with Crippen LogP contribution in [0.1, 0.15) is 16.8 Å². The molecule has 1 fully saturated rings. The lowest BCUT2D eigenvalue weighted by molar-refractivity contribution is -0.135. The maximum atomic E-state index is 12.9. The molecule has 3 aromatic rings. The summed E-state index contributed by atoms with van der Waals surface area (Å²) in [5.41, 5.74) is 4.91. The predicted octanol–water partition coefficient (Wildman–Crippen LogP) is 4.57. The van der Waals surface area contributed by atoms with Gasteiger partial charge in [-0.25, -0.2) is 4.98 Å². The maximum absolute atomic E-state index is 12.9. The van der Waals surface area contributed by atoms with Crippen molar-refractivity contribution < 1.29 is 9.59 Å². The van der Waals surface area contributed by atoms with Crippen LogP contribution in [0.2, 0.25) is 0 Å². The highest BCUT2D eigenvalue weighted by atomic mass is 32.2. The van der Waals surface area contributed by atoms with E-state index < -0.39 is 6.04 Å². The molecule has 0 spiro atoms. The molecule has 2 amide bonds. The van der Waals surface area contributed by atoms with Crippen LogP contribution < -0.4 is 5.32 Å². The third kappa shape index (κ3) is 4.55. The van der Waals surface area contributed by atoms with E-state index >= 15 is 0 Å². The second-order valence-corrected chi connectivity index (χ2v) is 9.64. The number of amides is 2. The van der Waals surface area contributed by atoms with Gasteiger partial charge in [-0.05, 0) is 48.6 Å². The average Bonchev–Trinajstić information content (AvgIpc) is 3.45. The molecule has 1 unspecified atom stereocenters. The maximum Gasteiger partial charge on any atom is 0.248 e. The minimum atomic E-state index is -0.455. The van der Waals surface area contributed by atoms with Crippen LogP contribution in [-0.4, -0.2) is 39.4 Å². The molecular formula is C21H21N3O2S3. The molecule has 1 atom stereocenters. The Morgan fingerprint density at radius 2 is 2.07 bits per heavy atom. The summed E-state index contributed by atoms with van der Waals surface area (Å²) in [4.78, 5) is 31.9. The first-order valence-electron chi connectivity index (χ1n) is 9.23. The molecular weight excluding hydrogens is 422 g/mol. The molecule has 29 heavy (non-hydrogen) atoms. The van der Waals surface area contributed by atoms with Gasteiger partial charge in [-0.3, -0.25) is 9.59 Å². The Balaban J connectivity index is 1.41. The summed E-state index contributed by atoms with van der Waals surface area (Å²) < 4.78 is 0. The number of nitrogens with one attached hydrogen (secondary N) is 1. The number of anilines is 1. The van der Waals surface area contributed by atoms with Gasteiger partial charge in [0.1, 0.15) is 11.0 Å². The Bertz CT molecular complexity index is 1030. The quantitative estimate of drug-likeness (QED) is 0.627. The number of aromatic nitrogens is 1. The SMILES string of the molecule is Cc1ccc(NC(=O)C2CSCN2C(=O)Cc2csc(-c3ccsc3)n2)cc1C. The Morgan fingerprint density at radius 3 is 2.83 bits per heavy atom. The Kier molecular flexibility index (Phi) is 6.03. The first kappa shape index (κ1) is 20.1. The number of rotatable bonds is 5. The van der Waals surface area contributed by atoms with Crippen LogP contribution in [0.15, 0.2) is 40.4 Å². The van der Waals surface area contributed by atoms with Crippen molar-refractivity contribution in [2.45, 2.75) is 26.3 Å². The average molecular weight is 444 g/mol. The topological polar surface area (TPSA) is 62.3 Å². The molecule has 4 rings (SSSR count). The Labute approximate surface area is 182 Å². The van der Waals surface area contributed by atoms with Crippen molar-refractivity contribution in [3.05, 3.63) is 57.2 Å². The molecule has 1 N–H and O–H groups in total. The second-order valence-electron chi connectivity index (χ2n) is 7.00. The molecule has 150 valence electrons. The molecule has 1 aromatic carbocycles. The molecule has 0 radical (unpaired) electrons. The van der Waals surface area contributed by atoms with Gasteiger partial charge in [0, 0.05) is 27.8 Å². The molecule has 0 saturated carbocycles. The molecule has 8 heteroatoms. The Hall–Kier alpha value is -2.16. The zero-order valence-electron chi connectivity index (χ0n) is 16.2. The fourth-order valence-corrected chi connectivity index (χ4v) is 5.83. The lowest BCUT2D eigenvalue weighted by Crippen LogP contribution is -2.45. The van der Waals surface area contributed by atoms with Crippen LogP contribution in [0.3, 0.4) is 0 Å². The first-order chi connectivity index (χ1) is 14.0. The van der Waals surface area contributed by atoms with Crippen molar-refractivity contribution >= 4 is 51.9 Å². The summed E-state index contributed by atoms with van der Waals surface area (Å²) in [7, 11) is 0. The number of hydrogen-bond acceptors (Lipinski definition) is 6. The summed E-state index contributed by atoms with van der Waals surface area (Å²) >= 11 is 4.78. The van der Waals surface area contributed by atoms with Gasteiger partial charge in [0.25, 0.3) is 0 Å². The van der Waals surface area contributed by atoms with Gasteiger partial charge >= 0.3 is 0 Å². The minimum absolute atomic E-state index is 0.0580. The van der Waals surface area contributed by atoms with Gasteiger partial charge in [-0.2, -0.15) is 11.3 Å². The number of hydrogen-bond donors (Lipinski definition) is 1. The highest BCUT2D eigenvalue weighted by molar-refractivity contribution is 7.99. The second kappa shape index (κ2) is 8.69. The fourth-order valence-electron chi connectivity index (χ4n) is 3.11. The van der Waals surface area contributed by atoms with Crippen molar-refractivity contribution in [1.82, 2.24) is 9.88 Å². The van der Waals surface area contributed by atoms with Gasteiger partial charge in [-0.1, -0.05) is 6.07 Å². The largest absolute Gasteiger partial charge is 0.324 e. The van der Waals surface area contributed by atoms with E-state index in [9.17, 15) is 9.59 Å². The van der Waals surface area contributed by atoms with E-state index in [2.05, 4.69) is 15.7 Å². The number of thiazole rings is 1. The highest BCUT2D eigenvalue weighted by Crippen LogP contribution is 2.27. The number of aryl methyl sites for hydroxylation is 2. The molecule has 5 nitrogen and oxygen atoms in total. The van der Waals surface area contributed by atoms with Crippen molar-refractivity contribution in [1.29, 1.82) is 0 Å². The van der Waals surface area contributed by atoms with E-state index in [1.807, 2.05) is 48.9 Å². The molecule has 0 aliphatic carbocycles. The predicted molar refractivity (Wildman–Crippen MR) is 122 cm³/mol. The van der Waals surface area contributed by atoms with Crippen LogP contribution in [0.25, 0.3) is 10.6 Å². The molecule has 1 saturated heterocycles. The number of benzene rings is 1. The summed E-state index contributed by atoms with van der Waals surface area (Å²) in [5, 5.41) is 9.88. The summed E-state index contributed by atoms with van der Waals surface area (Å²) in [6.45, 7) is 4.06.